The van der Waals surface area contributed by atoms with Crippen LogP contribution in [-0.4, -0.2) is 41.5 Å². The average molecular weight is 327 g/mol. The Bertz CT molecular complexity index is 771. The molecule has 1 atom stereocenters. The van der Waals surface area contributed by atoms with Crippen molar-refractivity contribution in [3.8, 4) is 6.07 Å². The predicted molar refractivity (Wildman–Crippen MR) is 86.5 cm³/mol. The third kappa shape index (κ3) is 4.43. The Morgan fingerprint density at radius 3 is 2.92 bits per heavy atom. The highest BCUT2D eigenvalue weighted by Gasteiger charge is 2.20. The van der Waals surface area contributed by atoms with E-state index in [0.29, 0.717) is 11.1 Å². The highest BCUT2D eigenvalue weighted by Crippen LogP contribution is 2.15. The van der Waals surface area contributed by atoms with Crippen molar-refractivity contribution < 1.29 is 18.7 Å². The maximum atomic E-state index is 12.0. The number of amides is 1. The van der Waals surface area contributed by atoms with E-state index >= 15 is 0 Å². The van der Waals surface area contributed by atoms with Crippen LogP contribution in [0.4, 0.5) is 0 Å². The van der Waals surface area contributed by atoms with Crippen LogP contribution in [0.5, 0.6) is 0 Å². The maximum absolute atomic E-state index is 12.0. The van der Waals surface area contributed by atoms with Crippen LogP contribution in [0, 0.1) is 11.3 Å². The lowest BCUT2D eigenvalue weighted by Gasteiger charge is -2.19. The van der Waals surface area contributed by atoms with Crippen molar-refractivity contribution in [1.82, 2.24) is 9.88 Å². The minimum atomic E-state index is -0.936. The van der Waals surface area contributed by atoms with Crippen LogP contribution in [0.3, 0.4) is 0 Å². The Labute approximate surface area is 139 Å². The second kappa shape index (κ2) is 7.92. The number of hydrogen-bond acceptors (Lipinski definition) is 6. The molecular weight excluding hydrogens is 310 g/mol. The molecule has 0 saturated carbocycles. The van der Waals surface area contributed by atoms with Gasteiger partial charge in [-0.05, 0) is 19.1 Å². The first-order valence-corrected chi connectivity index (χ1v) is 7.37. The number of carbonyl (C=O) groups excluding carboxylic acids is 2. The summed E-state index contributed by atoms with van der Waals surface area (Å²) in [6, 6.07) is 9.18. The van der Waals surface area contributed by atoms with Crippen LogP contribution in [0.15, 0.2) is 34.8 Å². The van der Waals surface area contributed by atoms with Crippen LogP contribution in [0.2, 0.25) is 0 Å². The normalized spacial score (nSPS) is 12.0. The first-order chi connectivity index (χ1) is 11.5. The van der Waals surface area contributed by atoms with Crippen molar-refractivity contribution in [2.75, 3.05) is 13.6 Å². The minimum Gasteiger partial charge on any atom is -0.449 e. The fourth-order valence-electron chi connectivity index (χ4n) is 2.00. The number of likely N-dealkylation sites (N-methyl/N-ethyl adjacent to an activating group) is 1. The summed E-state index contributed by atoms with van der Waals surface area (Å²) in [6.45, 7) is 1.77. The van der Waals surface area contributed by atoms with E-state index in [-0.39, 0.29) is 24.8 Å². The molecule has 124 valence electrons. The molecule has 2 rings (SSSR count). The number of fused-ring (bicyclic) bond motifs is 1. The Morgan fingerprint density at radius 1 is 1.46 bits per heavy atom. The Balaban J connectivity index is 1.92. The van der Waals surface area contributed by atoms with E-state index in [4.69, 9.17) is 14.4 Å². The number of ether oxygens (including phenoxy) is 1. The molecule has 0 aliphatic rings. The van der Waals surface area contributed by atoms with Gasteiger partial charge in [0.1, 0.15) is 5.52 Å². The summed E-state index contributed by atoms with van der Waals surface area (Å²) in [7, 11) is 1.55. The summed E-state index contributed by atoms with van der Waals surface area (Å²) >= 11 is 0. The van der Waals surface area contributed by atoms with E-state index in [9.17, 15) is 9.59 Å². The SMILES string of the molecule is C[C@@H](OC(=O)/C=C/c1nc2ccccc2o1)C(=O)N(C)CCC#N. The zero-order valence-electron chi connectivity index (χ0n) is 13.4. The molecule has 24 heavy (non-hydrogen) atoms. The molecule has 7 nitrogen and oxygen atoms in total. The monoisotopic (exact) mass is 327 g/mol. The molecule has 0 spiro atoms. The van der Waals surface area contributed by atoms with E-state index in [1.807, 2.05) is 18.2 Å². The van der Waals surface area contributed by atoms with Gasteiger partial charge < -0.3 is 14.1 Å². The van der Waals surface area contributed by atoms with Gasteiger partial charge in [0.05, 0.1) is 12.5 Å². The third-order valence-electron chi connectivity index (χ3n) is 3.25. The summed E-state index contributed by atoms with van der Waals surface area (Å²) in [5.74, 6) is -0.765. The van der Waals surface area contributed by atoms with E-state index in [1.54, 1.807) is 19.2 Å². The summed E-state index contributed by atoms with van der Waals surface area (Å²) < 4.78 is 10.5. The first kappa shape index (κ1) is 17.2. The second-order valence-electron chi connectivity index (χ2n) is 5.10. The fraction of sp³-hybridized carbons (Fsp3) is 0.294. The Kier molecular flexibility index (Phi) is 5.68. The highest BCUT2D eigenvalue weighted by molar-refractivity contribution is 5.90. The van der Waals surface area contributed by atoms with Crippen LogP contribution >= 0.6 is 0 Å². The second-order valence-corrected chi connectivity index (χ2v) is 5.10. The van der Waals surface area contributed by atoms with Gasteiger partial charge >= 0.3 is 5.97 Å². The minimum absolute atomic E-state index is 0.223. The number of benzene rings is 1. The lowest BCUT2D eigenvalue weighted by atomic mass is 10.3. The number of esters is 1. The lowest BCUT2D eigenvalue weighted by molar-refractivity contribution is -0.154. The van der Waals surface area contributed by atoms with Crippen LogP contribution in [-0.2, 0) is 14.3 Å². The molecule has 0 bridgehead atoms. The molecule has 1 amide bonds. The number of hydrogen-bond donors (Lipinski definition) is 0. The number of nitriles is 1. The van der Waals surface area contributed by atoms with Crippen LogP contribution in [0.25, 0.3) is 17.2 Å². The summed E-state index contributed by atoms with van der Waals surface area (Å²) in [5, 5.41) is 8.51. The molecule has 0 unspecified atom stereocenters. The molecule has 7 heteroatoms. The zero-order valence-corrected chi connectivity index (χ0v) is 13.4. The average Bonchev–Trinajstić information content (AvgIpc) is 3.00. The molecule has 0 fully saturated rings. The van der Waals surface area contributed by atoms with Crippen molar-refractivity contribution in [2.24, 2.45) is 0 Å². The molecule has 0 aliphatic carbocycles. The largest absolute Gasteiger partial charge is 0.449 e. The van der Waals surface area contributed by atoms with Crippen molar-refractivity contribution in [3.05, 3.63) is 36.2 Å². The van der Waals surface area contributed by atoms with Crippen molar-refractivity contribution in [1.29, 1.82) is 5.26 Å². The number of para-hydroxylation sites is 2. The van der Waals surface area contributed by atoms with E-state index < -0.39 is 12.1 Å². The van der Waals surface area contributed by atoms with E-state index in [1.165, 1.54) is 17.9 Å². The molecule has 1 heterocycles. The molecule has 0 aliphatic heterocycles. The van der Waals surface area contributed by atoms with Crippen LogP contribution in [0.1, 0.15) is 19.2 Å². The predicted octanol–water partition coefficient (Wildman–Crippen LogP) is 2.14. The van der Waals surface area contributed by atoms with Gasteiger partial charge in [-0.2, -0.15) is 5.26 Å². The highest BCUT2D eigenvalue weighted by atomic mass is 16.5. The number of aromatic nitrogens is 1. The number of oxazole rings is 1. The molecule has 2 aromatic rings. The number of nitrogens with zero attached hydrogens (tertiary/aromatic N) is 3. The van der Waals surface area contributed by atoms with Gasteiger partial charge in [0.2, 0.25) is 5.89 Å². The lowest BCUT2D eigenvalue weighted by Crippen LogP contribution is -2.37. The standard InChI is InChI=1S/C17H17N3O4/c1-12(17(22)20(2)11-5-10-18)23-16(21)9-8-15-19-13-6-3-4-7-14(13)24-15/h3-4,6-9,12H,5,11H2,1-2H3/b9-8+/t12-/m1/s1. The van der Waals surface area contributed by atoms with Gasteiger partial charge in [0, 0.05) is 25.7 Å². The Hall–Kier alpha value is -3.14. The smallest absolute Gasteiger partial charge is 0.331 e. The van der Waals surface area contributed by atoms with Gasteiger partial charge in [-0.3, -0.25) is 4.79 Å². The molecule has 1 aromatic heterocycles. The van der Waals surface area contributed by atoms with Crippen molar-refractivity contribution >= 4 is 29.1 Å². The molecule has 0 radical (unpaired) electrons. The van der Waals surface area contributed by atoms with Gasteiger partial charge in [0.25, 0.3) is 5.91 Å². The van der Waals surface area contributed by atoms with Gasteiger partial charge in [0.15, 0.2) is 11.7 Å². The number of rotatable bonds is 6. The summed E-state index contributed by atoms with van der Waals surface area (Å²) in [5.41, 5.74) is 1.31. The van der Waals surface area contributed by atoms with Crippen molar-refractivity contribution in [2.45, 2.75) is 19.4 Å². The van der Waals surface area contributed by atoms with Gasteiger partial charge in [-0.1, -0.05) is 12.1 Å². The quantitative estimate of drug-likeness (QED) is 0.596. The van der Waals surface area contributed by atoms with Gasteiger partial charge in [-0.15, -0.1) is 0 Å². The Morgan fingerprint density at radius 2 is 2.21 bits per heavy atom. The zero-order chi connectivity index (χ0) is 17.5. The molecule has 1 aromatic carbocycles. The summed E-state index contributed by atoms with van der Waals surface area (Å²) in [4.78, 5) is 29.3. The molecule has 0 N–H and O–H groups in total. The van der Waals surface area contributed by atoms with Gasteiger partial charge in [-0.25, -0.2) is 9.78 Å². The van der Waals surface area contributed by atoms with E-state index in [2.05, 4.69) is 4.98 Å². The van der Waals surface area contributed by atoms with Crippen molar-refractivity contribution in [3.63, 3.8) is 0 Å². The molecule has 0 saturated heterocycles. The first-order valence-electron chi connectivity index (χ1n) is 7.37. The fourth-order valence-corrected chi connectivity index (χ4v) is 2.00. The third-order valence-corrected chi connectivity index (χ3v) is 3.25. The van der Waals surface area contributed by atoms with E-state index in [0.717, 1.165) is 6.08 Å². The topological polar surface area (TPSA) is 96.4 Å². The number of carbonyl (C=O) groups is 2. The van der Waals surface area contributed by atoms with Crippen LogP contribution < -0.4 is 0 Å². The maximum Gasteiger partial charge on any atom is 0.331 e. The molecular formula is C17H17N3O4. The summed E-state index contributed by atoms with van der Waals surface area (Å²) in [6.07, 6.45) is 1.83.